The Balaban J connectivity index is 1.68. The molecule has 9 heteroatoms. The lowest BCUT2D eigenvalue weighted by molar-refractivity contribution is -0.384. The first-order valence-corrected chi connectivity index (χ1v) is 10.00. The molecule has 0 fully saturated rings. The molecule has 0 unspecified atom stereocenters. The van der Waals surface area contributed by atoms with Gasteiger partial charge in [0.25, 0.3) is 11.6 Å². The van der Waals surface area contributed by atoms with Crippen molar-refractivity contribution in [2.45, 2.75) is 0 Å². The third-order valence-electron chi connectivity index (χ3n) is 4.28. The summed E-state index contributed by atoms with van der Waals surface area (Å²) in [6.45, 7) is -0.325. The number of hydrogen-bond acceptors (Lipinski definition) is 5. The van der Waals surface area contributed by atoms with Crippen molar-refractivity contribution in [3.8, 4) is 11.8 Å². The number of rotatable bonds is 7. The number of carbonyl (C=O) groups excluding carboxylic acids is 1. The molecule has 1 N–H and O–H groups in total. The predicted molar refractivity (Wildman–Crippen MR) is 121 cm³/mol. The van der Waals surface area contributed by atoms with Gasteiger partial charge >= 0.3 is 0 Å². The summed E-state index contributed by atoms with van der Waals surface area (Å²) in [6, 6.07) is 18.6. The number of nitro benzene ring substituents is 1. The van der Waals surface area contributed by atoms with Crippen molar-refractivity contribution in [3.63, 3.8) is 0 Å². The summed E-state index contributed by atoms with van der Waals surface area (Å²) >= 11 is 3.37. The number of nitriles is 1. The summed E-state index contributed by atoms with van der Waals surface area (Å²) in [5.41, 5.74) is 1.55. The van der Waals surface area contributed by atoms with Crippen LogP contribution in [0.4, 0.5) is 15.8 Å². The molecule has 160 valence electrons. The van der Waals surface area contributed by atoms with Crippen LogP contribution in [0.5, 0.6) is 5.75 Å². The second-order valence-electron chi connectivity index (χ2n) is 6.48. The molecule has 0 aliphatic carbocycles. The lowest BCUT2D eigenvalue weighted by atomic mass is 10.0. The summed E-state index contributed by atoms with van der Waals surface area (Å²) in [4.78, 5) is 22.3. The van der Waals surface area contributed by atoms with E-state index in [9.17, 15) is 24.6 Å². The van der Waals surface area contributed by atoms with E-state index in [4.69, 9.17) is 4.74 Å². The fourth-order valence-electron chi connectivity index (χ4n) is 2.73. The highest BCUT2D eigenvalue weighted by atomic mass is 79.9. The second kappa shape index (κ2) is 10.3. The minimum Gasteiger partial charge on any atom is -0.483 e. The number of halogens is 2. The van der Waals surface area contributed by atoms with E-state index in [1.807, 2.05) is 0 Å². The van der Waals surface area contributed by atoms with Gasteiger partial charge in [0.1, 0.15) is 11.6 Å². The Morgan fingerprint density at radius 3 is 2.53 bits per heavy atom. The Morgan fingerprint density at radius 2 is 1.91 bits per heavy atom. The van der Waals surface area contributed by atoms with Gasteiger partial charge in [-0.3, -0.25) is 14.9 Å². The van der Waals surface area contributed by atoms with Crippen LogP contribution in [-0.4, -0.2) is 17.4 Å². The molecule has 0 heterocycles. The molecule has 32 heavy (non-hydrogen) atoms. The third-order valence-corrected chi connectivity index (χ3v) is 4.90. The van der Waals surface area contributed by atoms with E-state index in [1.54, 1.807) is 30.3 Å². The van der Waals surface area contributed by atoms with Crippen molar-refractivity contribution >= 4 is 44.9 Å². The van der Waals surface area contributed by atoms with Crippen molar-refractivity contribution in [2.24, 2.45) is 0 Å². The zero-order chi connectivity index (χ0) is 23.1. The van der Waals surface area contributed by atoms with Crippen molar-refractivity contribution in [2.75, 3.05) is 11.9 Å². The number of nitrogens with one attached hydrogen (secondary N) is 1. The average molecular weight is 496 g/mol. The van der Waals surface area contributed by atoms with Crippen molar-refractivity contribution in [3.05, 3.63) is 98.3 Å². The van der Waals surface area contributed by atoms with Crippen molar-refractivity contribution < 1.29 is 18.8 Å². The van der Waals surface area contributed by atoms with Gasteiger partial charge in [0.05, 0.1) is 26.7 Å². The zero-order valence-electron chi connectivity index (χ0n) is 16.4. The van der Waals surface area contributed by atoms with Crippen LogP contribution in [0.1, 0.15) is 11.1 Å². The summed E-state index contributed by atoms with van der Waals surface area (Å²) in [5, 5.41) is 22.7. The largest absolute Gasteiger partial charge is 0.483 e. The molecule has 0 spiro atoms. The number of carbonyl (C=O) groups is 1. The number of ether oxygens (including phenoxy) is 1. The number of allylic oxidation sites excluding steroid dienone is 1. The van der Waals surface area contributed by atoms with E-state index in [0.29, 0.717) is 26.9 Å². The van der Waals surface area contributed by atoms with Crippen LogP contribution >= 0.6 is 15.9 Å². The Kier molecular flexibility index (Phi) is 7.31. The molecule has 7 nitrogen and oxygen atoms in total. The fourth-order valence-corrected chi connectivity index (χ4v) is 3.24. The predicted octanol–water partition coefficient (Wildman–Crippen LogP) is 5.58. The number of amides is 1. The lowest BCUT2D eigenvalue weighted by Crippen LogP contribution is -2.20. The van der Waals surface area contributed by atoms with E-state index >= 15 is 0 Å². The van der Waals surface area contributed by atoms with Gasteiger partial charge in [-0.05, 0) is 69.5 Å². The monoisotopic (exact) mass is 495 g/mol. The van der Waals surface area contributed by atoms with Gasteiger partial charge in [0, 0.05) is 12.1 Å². The van der Waals surface area contributed by atoms with Crippen molar-refractivity contribution in [1.82, 2.24) is 0 Å². The Morgan fingerprint density at radius 1 is 1.19 bits per heavy atom. The molecule has 3 aromatic rings. The molecule has 3 aromatic carbocycles. The maximum absolute atomic E-state index is 13.6. The first-order valence-electron chi connectivity index (χ1n) is 9.20. The Bertz CT molecular complexity index is 1240. The minimum absolute atomic E-state index is 0.0608. The summed E-state index contributed by atoms with van der Waals surface area (Å²) in [5.74, 6) is -0.671. The summed E-state index contributed by atoms with van der Waals surface area (Å²) < 4.78 is 19.6. The molecule has 0 saturated carbocycles. The molecule has 0 aromatic heterocycles. The van der Waals surface area contributed by atoms with Crippen LogP contribution in [0.15, 0.2) is 71.2 Å². The van der Waals surface area contributed by atoms with Gasteiger partial charge in [-0.2, -0.15) is 5.26 Å². The lowest BCUT2D eigenvalue weighted by Gasteiger charge is -2.10. The highest BCUT2D eigenvalue weighted by Crippen LogP contribution is 2.28. The summed E-state index contributed by atoms with van der Waals surface area (Å²) in [7, 11) is 0. The molecular weight excluding hydrogens is 481 g/mol. The van der Waals surface area contributed by atoms with Crippen LogP contribution < -0.4 is 10.1 Å². The number of anilines is 1. The maximum Gasteiger partial charge on any atom is 0.269 e. The Labute approximate surface area is 191 Å². The SMILES string of the molecule is N#CC(=Cc1ccc(OCC(=O)Nc2ccccc2F)c(Br)c1)c1ccc([N+](=O)[O-])cc1. The van der Waals surface area contributed by atoms with E-state index < -0.39 is 16.6 Å². The highest BCUT2D eigenvalue weighted by molar-refractivity contribution is 9.10. The average Bonchev–Trinajstić information content (AvgIpc) is 2.78. The van der Waals surface area contributed by atoms with Gasteiger partial charge in [-0.25, -0.2) is 4.39 Å². The quantitative estimate of drug-likeness (QED) is 0.199. The van der Waals surface area contributed by atoms with Crippen molar-refractivity contribution in [1.29, 1.82) is 5.26 Å². The van der Waals surface area contributed by atoms with Crippen LogP contribution in [0.2, 0.25) is 0 Å². The summed E-state index contributed by atoms with van der Waals surface area (Å²) in [6.07, 6.45) is 1.63. The normalized spacial score (nSPS) is 10.8. The first-order chi connectivity index (χ1) is 15.4. The first kappa shape index (κ1) is 22.7. The number of nitro groups is 1. The van der Waals surface area contributed by atoms with E-state index in [2.05, 4.69) is 27.3 Å². The molecule has 1 amide bonds. The topological polar surface area (TPSA) is 105 Å². The molecule has 0 saturated heterocycles. The molecule has 3 rings (SSSR count). The van der Waals surface area contributed by atoms with Gasteiger partial charge < -0.3 is 10.1 Å². The number of non-ortho nitro benzene ring substituents is 1. The van der Waals surface area contributed by atoms with Crippen LogP contribution in [0.25, 0.3) is 11.6 Å². The smallest absolute Gasteiger partial charge is 0.269 e. The fraction of sp³-hybridized carbons (Fsp3) is 0.0435. The molecule has 0 aliphatic heterocycles. The van der Waals surface area contributed by atoms with Crippen LogP contribution in [0.3, 0.4) is 0 Å². The molecule has 0 radical (unpaired) electrons. The molecule has 0 atom stereocenters. The van der Waals surface area contributed by atoms with Crippen LogP contribution in [-0.2, 0) is 4.79 Å². The Hall–Kier alpha value is -4.03. The number of para-hydroxylation sites is 1. The molecule has 0 aliphatic rings. The van der Waals surface area contributed by atoms with Gasteiger partial charge in [-0.15, -0.1) is 0 Å². The van der Waals surface area contributed by atoms with E-state index in [0.717, 1.165) is 0 Å². The minimum atomic E-state index is -0.542. The number of benzene rings is 3. The zero-order valence-corrected chi connectivity index (χ0v) is 18.0. The van der Waals surface area contributed by atoms with E-state index in [1.165, 1.54) is 42.5 Å². The molecular formula is C23H15BrFN3O4. The molecule has 0 bridgehead atoms. The van der Waals surface area contributed by atoms with Gasteiger partial charge in [0.2, 0.25) is 0 Å². The van der Waals surface area contributed by atoms with Gasteiger partial charge in [0.15, 0.2) is 6.61 Å². The van der Waals surface area contributed by atoms with E-state index in [-0.39, 0.29) is 18.0 Å². The highest BCUT2D eigenvalue weighted by Gasteiger charge is 2.10. The maximum atomic E-state index is 13.6. The number of hydrogen-bond donors (Lipinski definition) is 1. The van der Waals surface area contributed by atoms with Gasteiger partial charge in [-0.1, -0.05) is 18.2 Å². The number of nitrogens with zero attached hydrogens (tertiary/aromatic N) is 2. The van der Waals surface area contributed by atoms with Crippen LogP contribution in [0, 0.1) is 27.3 Å². The third kappa shape index (κ3) is 5.77. The standard InChI is InChI=1S/C23H15BrFN3O4/c24-19-12-15(11-17(13-26)16-6-8-18(9-7-16)28(30)31)5-10-22(19)32-14-23(29)27-21-4-2-1-3-20(21)25/h1-12H,14H2,(H,27,29). The second-order valence-corrected chi connectivity index (χ2v) is 7.33.